The normalized spacial score (nSPS) is 15.7. The molecule has 3 N–H and O–H groups in total. The zero-order valence-corrected chi connectivity index (χ0v) is 12.1. The molecule has 0 aliphatic heterocycles. The van der Waals surface area contributed by atoms with Crippen LogP contribution in [0, 0.1) is 5.41 Å². The summed E-state index contributed by atoms with van der Waals surface area (Å²) in [5.74, 6) is -1.000. The van der Waals surface area contributed by atoms with Gasteiger partial charge in [-0.2, -0.15) is 0 Å². The Hall–Kier alpha value is -2.30. The van der Waals surface area contributed by atoms with E-state index in [9.17, 15) is 9.59 Å². The van der Waals surface area contributed by atoms with Crippen molar-refractivity contribution in [2.75, 3.05) is 11.9 Å². The van der Waals surface area contributed by atoms with Crippen LogP contribution in [0.25, 0.3) is 6.08 Å². The van der Waals surface area contributed by atoms with Crippen LogP contribution in [-0.4, -0.2) is 23.7 Å². The number of carboxylic acid groups (broad SMARTS) is 1. The Labute approximate surface area is 124 Å². The molecule has 0 heterocycles. The molecule has 112 valence electrons. The summed E-state index contributed by atoms with van der Waals surface area (Å²) in [6.07, 6.45) is 6.00. The summed E-state index contributed by atoms with van der Waals surface area (Å²) >= 11 is 0. The van der Waals surface area contributed by atoms with Crippen molar-refractivity contribution in [2.45, 2.75) is 26.2 Å². The van der Waals surface area contributed by atoms with Crippen LogP contribution < -0.4 is 10.6 Å². The van der Waals surface area contributed by atoms with E-state index in [1.165, 1.54) is 18.9 Å². The Kier molecular flexibility index (Phi) is 4.62. The van der Waals surface area contributed by atoms with Gasteiger partial charge in [-0.15, -0.1) is 0 Å². The molecular formula is C16H20N2O3. The number of nitrogens with one attached hydrogen (secondary N) is 2. The minimum atomic E-state index is -1.000. The number of anilines is 1. The molecule has 1 aromatic rings. The lowest BCUT2D eigenvalue weighted by molar-refractivity contribution is -0.131. The lowest BCUT2D eigenvalue weighted by Gasteiger charge is -2.14. The minimum absolute atomic E-state index is 0.228. The van der Waals surface area contributed by atoms with Gasteiger partial charge in [-0.05, 0) is 48.4 Å². The van der Waals surface area contributed by atoms with Crippen LogP contribution in [0.3, 0.4) is 0 Å². The number of amides is 2. The first-order valence-corrected chi connectivity index (χ1v) is 7.09. The third kappa shape index (κ3) is 4.63. The number of carbonyl (C=O) groups excluding carboxylic acids is 1. The van der Waals surface area contributed by atoms with Gasteiger partial charge in [0.25, 0.3) is 0 Å². The van der Waals surface area contributed by atoms with Crippen LogP contribution >= 0.6 is 0 Å². The second kappa shape index (κ2) is 6.43. The van der Waals surface area contributed by atoms with E-state index in [1.807, 2.05) is 0 Å². The second-order valence-electron chi connectivity index (χ2n) is 5.46. The average molecular weight is 288 g/mol. The van der Waals surface area contributed by atoms with Crippen LogP contribution in [0.4, 0.5) is 10.5 Å². The molecule has 21 heavy (non-hydrogen) atoms. The Morgan fingerprint density at radius 2 is 2.14 bits per heavy atom. The molecule has 1 aliphatic rings. The molecule has 5 heteroatoms. The van der Waals surface area contributed by atoms with Crippen LogP contribution in [0.1, 0.15) is 31.7 Å². The smallest absolute Gasteiger partial charge is 0.328 e. The van der Waals surface area contributed by atoms with E-state index in [2.05, 4.69) is 17.6 Å². The Bertz CT molecular complexity index is 562. The zero-order chi connectivity index (χ0) is 15.3. The lowest BCUT2D eigenvalue weighted by atomic mass is 10.0. The van der Waals surface area contributed by atoms with E-state index >= 15 is 0 Å². The van der Waals surface area contributed by atoms with Crippen molar-refractivity contribution in [2.24, 2.45) is 5.41 Å². The molecule has 0 saturated heterocycles. The largest absolute Gasteiger partial charge is 0.478 e. The summed E-state index contributed by atoms with van der Waals surface area (Å²) in [6, 6.07) is 6.81. The molecule has 0 aromatic heterocycles. The number of carboxylic acids is 1. The van der Waals surface area contributed by atoms with Crippen molar-refractivity contribution in [1.29, 1.82) is 0 Å². The number of urea groups is 1. The molecule has 0 atom stereocenters. The van der Waals surface area contributed by atoms with Gasteiger partial charge in [-0.25, -0.2) is 9.59 Å². The predicted octanol–water partition coefficient (Wildman–Crippen LogP) is 3.10. The van der Waals surface area contributed by atoms with Crippen LogP contribution in [0.5, 0.6) is 0 Å². The summed E-state index contributed by atoms with van der Waals surface area (Å²) in [7, 11) is 0. The van der Waals surface area contributed by atoms with Crippen molar-refractivity contribution in [3.63, 3.8) is 0 Å². The zero-order valence-electron chi connectivity index (χ0n) is 12.1. The minimum Gasteiger partial charge on any atom is -0.478 e. The fourth-order valence-corrected chi connectivity index (χ4v) is 2.16. The number of hydrogen-bond acceptors (Lipinski definition) is 2. The van der Waals surface area contributed by atoms with Crippen LogP contribution in [-0.2, 0) is 4.79 Å². The topological polar surface area (TPSA) is 78.4 Å². The summed E-state index contributed by atoms with van der Waals surface area (Å²) < 4.78 is 0. The number of rotatable bonds is 6. The van der Waals surface area contributed by atoms with E-state index in [-0.39, 0.29) is 6.03 Å². The molecule has 2 rings (SSSR count). The van der Waals surface area contributed by atoms with Crippen LogP contribution in [0.2, 0.25) is 0 Å². The Balaban J connectivity index is 1.88. The highest BCUT2D eigenvalue weighted by Crippen LogP contribution is 2.47. The lowest BCUT2D eigenvalue weighted by Crippen LogP contribution is -2.33. The highest BCUT2D eigenvalue weighted by Gasteiger charge is 2.40. The standard InChI is InChI=1S/C16H20N2O3/c1-2-16(8-9-16)11-17-15(21)18-13-5-3-4-12(10-13)6-7-14(19)20/h3-7,10H,2,8-9,11H2,1H3,(H,19,20)(H2,17,18,21)/b7-6+. The quantitative estimate of drug-likeness (QED) is 0.704. The molecule has 0 bridgehead atoms. The van der Waals surface area contributed by atoms with Gasteiger partial charge in [0.1, 0.15) is 0 Å². The maximum atomic E-state index is 11.8. The van der Waals surface area contributed by atoms with E-state index in [0.29, 0.717) is 17.6 Å². The molecule has 0 unspecified atom stereocenters. The highest BCUT2D eigenvalue weighted by atomic mass is 16.4. The molecule has 1 fully saturated rings. The fourth-order valence-electron chi connectivity index (χ4n) is 2.16. The summed E-state index contributed by atoms with van der Waals surface area (Å²) in [5, 5.41) is 14.3. The molecule has 1 aliphatic carbocycles. The highest BCUT2D eigenvalue weighted by molar-refractivity contribution is 5.90. The van der Waals surface area contributed by atoms with Gasteiger partial charge in [0, 0.05) is 18.3 Å². The third-order valence-electron chi connectivity index (χ3n) is 3.89. The van der Waals surface area contributed by atoms with Crippen molar-refractivity contribution in [3.05, 3.63) is 35.9 Å². The van der Waals surface area contributed by atoms with E-state index < -0.39 is 5.97 Å². The second-order valence-corrected chi connectivity index (χ2v) is 5.46. The van der Waals surface area contributed by atoms with Gasteiger partial charge in [0.2, 0.25) is 0 Å². The Morgan fingerprint density at radius 3 is 2.76 bits per heavy atom. The molecule has 5 nitrogen and oxygen atoms in total. The van der Waals surface area contributed by atoms with Gasteiger partial charge >= 0.3 is 12.0 Å². The average Bonchev–Trinajstić information content (AvgIpc) is 3.24. The van der Waals surface area contributed by atoms with Gasteiger partial charge in [0.15, 0.2) is 0 Å². The monoisotopic (exact) mass is 288 g/mol. The van der Waals surface area contributed by atoms with Crippen molar-refractivity contribution >= 4 is 23.8 Å². The van der Waals surface area contributed by atoms with Crippen molar-refractivity contribution < 1.29 is 14.7 Å². The number of benzene rings is 1. The molecule has 1 aromatic carbocycles. The third-order valence-corrected chi connectivity index (χ3v) is 3.89. The van der Waals surface area contributed by atoms with E-state index in [4.69, 9.17) is 5.11 Å². The maximum Gasteiger partial charge on any atom is 0.328 e. The van der Waals surface area contributed by atoms with Crippen molar-refractivity contribution in [1.82, 2.24) is 5.32 Å². The molecular weight excluding hydrogens is 268 g/mol. The van der Waals surface area contributed by atoms with E-state index in [0.717, 1.165) is 18.1 Å². The number of hydrogen-bond donors (Lipinski definition) is 3. The van der Waals surface area contributed by atoms with Gasteiger partial charge in [-0.1, -0.05) is 19.1 Å². The van der Waals surface area contributed by atoms with E-state index in [1.54, 1.807) is 24.3 Å². The van der Waals surface area contributed by atoms with Gasteiger partial charge in [-0.3, -0.25) is 0 Å². The first kappa shape index (κ1) is 15.1. The first-order chi connectivity index (χ1) is 10.0. The van der Waals surface area contributed by atoms with Crippen LogP contribution in [0.15, 0.2) is 30.3 Å². The summed E-state index contributed by atoms with van der Waals surface area (Å²) in [6.45, 7) is 2.85. The molecule has 0 spiro atoms. The molecule has 0 radical (unpaired) electrons. The van der Waals surface area contributed by atoms with Gasteiger partial charge < -0.3 is 15.7 Å². The summed E-state index contributed by atoms with van der Waals surface area (Å²) in [5.41, 5.74) is 1.67. The predicted molar refractivity (Wildman–Crippen MR) is 82.1 cm³/mol. The molecule has 1 saturated carbocycles. The number of carbonyl (C=O) groups is 2. The first-order valence-electron chi connectivity index (χ1n) is 7.09. The number of aliphatic carboxylic acids is 1. The Morgan fingerprint density at radius 1 is 1.38 bits per heavy atom. The van der Waals surface area contributed by atoms with Crippen molar-refractivity contribution in [3.8, 4) is 0 Å². The fraction of sp³-hybridized carbons (Fsp3) is 0.375. The maximum absolute atomic E-state index is 11.8. The SMILES string of the molecule is CCC1(CNC(=O)Nc2cccc(/C=C/C(=O)O)c2)CC1. The summed E-state index contributed by atoms with van der Waals surface area (Å²) in [4.78, 5) is 22.3. The van der Waals surface area contributed by atoms with Gasteiger partial charge in [0.05, 0.1) is 0 Å². The molecule has 2 amide bonds.